The molecule has 1 saturated heterocycles. The molecular weight excluding hydrogens is 226 g/mol. The van der Waals surface area contributed by atoms with Gasteiger partial charge in [0.05, 0.1) is 0 Å². The van der Waals surface area contributed by atoms with Crippen molar-refractivity contribution in [2.24, 2.45) is 11.1 Å². The Bertz CT molecular complexity index is 267. The van der Waals surface area contributed by atoms with Gasteiger partial charge < -0.3 is 15.5 Å². The molecule has 0 bridgehead atoms. The van der Waals surface area contributed by atoms with E-state index in [1.165, 1.54) is 0 Å². The highest BCUT2D eigenvalue weighted by Crippen LogP contribution is 2.17. The molecule has 106 valence electrons. The predicted octanol–water partition coefficient (Wildman–Crippen LogP) is 1.30. The molecular formula is C14H29N3O. The van der Waals surface area contributed by atoms with Gasteiger partial charge in [-0.3, -0.25) is 4.79 Å². The van der Waals surface area contributed by atoms with Gasteiger partial charge in [0.2, 0.25) is 5.91 Å². The van der Waals surface area contributed by atoms with Crippen LogP contribution < -0.4 is 5.73 Å². The van der Waals surface area contributed by atoms with Crippen molar-refractivity contribution in [3.63, 3.8) is 0 Å². The fourth-order valence-corrected chi connectivity index (χ4v) is 2.59. The van der Waals surface area contributed by atoms with Crippen LogP contribution in [0, 0.1) is 5.41 Å². The van der Waals surface area contributed by atoms with E-state index in [0.29, 0.717) is 13.0 Å². The fraction of sp³-hybridized carbons (Fsp3) is 0.929. The highest BCUT2D eigenvalue weighted by atomic mass is 16.2. The van der Waals surface area contributed by atoms with Crippen molar-refractivity contribution >= 4 is 5.91 Å². The summed E-state index contributed by atoms with van der Waals surface area (Å²) in [6.45, 7) is 9.99. The van der Waals surface area contributed by atoms with E-state index in [2.05, 4.69) is 32.7 Å². The molecule has 4 nitrogen and oxygen atoms in total. The van der Waals surface area contributed by atoms with Gasteiger partial charge in [-0.1, -0.05) is 20.8 Å². The van der Waals surface area contributed by atoms with Crippen molar-refractivity contribution in [1.29, 1.82) is 0 Å². The van der Waals surface area contributed by atoms with Gasteiger partial charge in [0, 0.05) is 38.6 Å². The number of likely N-dealkylation sites (N-methyl/N-ethyl adjacent to an activating group) is 1. The third-order valence-electron chi connectivity index (χ3n) is 3.49. The normalized spacial score (nSPS) is 18.4. The maximum absolute atomic E-state index is 12.1. The number of carbonyl (C=O) groups is 1. The SMILES string of the molecule is CN(CC(C)(C)C)C(CN)CC(=O)N1CCCC1. The van der Waals surface area contributed by atoms with Crippen molar-refractivity contribution in [2.45, 2.75) is 46.1 Å². The lowest BCUT2D eigenvalue weighted by Gasteiger charge is -2.33. The summed E-state index contributed by atoms with van der Waals surface area (Å²) in [6, 6.07) is 0.164. The molecule has 1 aliphatic heterocycles. The second-order valence-corrected chi connectivity index (χ2v) is 6.66. The monoisotopic (exact) mass is 255 g/mol. The molecule has 0 aromatic rings. The lowest BCUT2D eigenvalue weighted by molar-refractivity contribution is -0.131. The van der Waals surface area contributed by atoms with Gasteiger partial charge in [-0.2, -0.15) is 0 Å². The molecule has 1 unspecified atom stereocenters. The molecule has 0 saturated carbocycles. The first-order valence-electron chi connectivity index (χ1n) is 7.01. The van der Waals surface area contributed by atoms with E-state index in [4.69, 9.17) is 5.73 Å². The summed E-state index contributed by atoms with van der Waals surface area (Å²) < 4.78 is 0. The van der Waals surface area contributed by atoms with E-state index in [-0.39, 0.29) is 17.4 Å². The average molecular weight is 255 g/mol. The van der Waals surface area contributed by atoms with Crippen LogP contribution in [0.5, 0.6) is 0 Å². The van der Waals surface area contributed by atoms with E-state index >= 15 is 0 Å². The summed E-state index contributed by atoms with van der Waals surface area (Å²) in [5, 5.41) is 0. The first kappa shape index (κ1) is 15.4. The largest absolute Gasteiger partial charge is 0.343 e. The Labute approximate surface area is 111 Å². The van der Waals surface area contributed by atoms with Gasteiger partial charge in [-0.15, -0.1) is 0 Å². The number of amides is 1. The lowest BCUT2D eigenvalue weighted by Crippen LogP contribution is -2.45. The van der Waals surface area contributed by atoms with Gasteiger partial charge in [-0.25, -0.2) is 0 Å². The summed E-state index contributed by atoms with van der Waals surface area (Å²) >= 11 is 0. The summed E-state index contributed by atoms with van der Waals surface area (Å²) in [7, 11) is 2.07. The van der Waals surface area contributed by atoms with E-state index in [1.54, 1.807) is 0 Å². The zero-order valence-corrected chi connectivity index (χ0v) is 12.4. The minimum absolute atomic E-state index is 0.164. The Morgan fingerprint density at radius 2 is 1.89 bits per heavy atom. The van der Waals surface area contributed by atoms with Gasteiger partial charge in [-0.05, 0) is 25.3 Å². The Hall–Kier alpha value is -0.610. The molecule has 4 heteroatoms. The van der Waals surface area contributed by atoms with Crippen molar-refractivity contribution in [3.05, 3.63) is 0 Å². The zero-order valence-electron chi connectivity index (χ0n) is 12.4. The number of nitrogens with zero attached hydrogens (tertiary/aromatic N) is 2. The Morgan fingerprint density at radius 1 is 1.33 bits per heavy atom. The van der Waals surface area contributed by atoms with Crippen LogP contribution >= 0.6 is 0 Å². The minimum Gasteiger partial charge on any atom is -0.343 e. The number of carbonyl (C=O) groups excluding carboxylic acids is 1. The van der Waals surface area contributed by atoms with Crippen molar-refractivity contribution in [3.8, 4) is 0 Å². The molecule has 1 amide bonds. The van der Waals surface area contributed by atoms with Gasteiger partial charge in [0.1, 0.15) is 0 Å². The summed E-state index contributed by atoms with van der Waals surface area (Å²) in [6.07, 6.45) is 2.86. The average Bonchev–Trinajstić information content (AvgIpc) is 2.76. The van der Waals surface area contributed by atoms with E-state index in [9.17, 15) is 4.79 Å². The second kappa shape index (κ2) is 6.53. The second-order valence-electron chi connectivity index (χ2n) is 6.66. The lowest BCUT2D eigenvalue weighted by atomic mass is 9.95. The molecule has 18 heavy (non-hydrogen) atoms. The maximum Gasteiger partial charge on any atom is 0.224 e. The molecule has 0 aromatic heterocycles. The van der Waals surface area contributed by atoms with Crippen LogP contribution in [-0.4, -0.2) is 55.0 Å². The number of likely N-dealkylation sites (tertiary alicyclic amines) is 1. The molecule has 1 atom stereocenters. The summed E-state index contributed by atoms with van der Waals surface area (Å²) in [5.74, 6) is 0.267. The predicted molar refractivity (Wildman–Crippen MR) is 75.4 cm³/mol. The van der Waals surface area contributed by atoms with Crippen molar-refractivity contribution < 1.29 is 4.79 Å². The van der Waals surface area contributed by atoms with Crippen LogP contribution in [0.1, 0.15) is 40.0 Å². The first-order chi connectivity index (χ1) is 8.33. The van der Waals surface area contributed by atoms with Crippen LogP contribution in [-0.2, 0) is 4.79 Å². The molecule has 0 radical (unpaired) electrons. The molecule has 1 heterocycles. The molecule has 0 aliphatic carbocycles. The van der Waals surface area contributed by atoms with Crippen molar-refractivity contribution in [1.82, 2.24) is 9.80 Å². The standard InChI is InChI=1S/C14H29N3O/c1-14(2,3)11-16(4)12(10-15)9-13(18)17-7-5-6-8-17/h12H,5-11,15H2,1-4H3. The summed E-state index contributed by atoms with van der Waals surface area (Å²) in [5.41, 5.74) is 6.06. The van der Waals surface area contributed by atoms with E-state index < -0.39 is 0 Å². The fourth-order valence-electron chi connectivity index (χ4n) is 2.59. The first-order valence-corrected chi connectivity index (χ1v) is 7.01. The highest BCUT2D eigenvalue weighted by Gasteiger charge is 2.25. The Balaban J connectivity index is 2.47. The van der Waals surface area contributed by atoms with Gasteiger partial charge in [0.25, 0.3) is 0 Å². The molecule has 0 spiro atoms. The third kappa shape index (κ3) is 4.94. The summed E-state index contributed by atoms with van der Waals surface area (Å²) in [4.78, 5) is 16.3. The molecule has 2 N–H and O–H groups in total. The zero-order chi connectivity index (χ0) is 13.8. The van der Waals surface area contributed by atoms with Gasteiger partial charge in [0.15, 0.2) is 0 Å². The minimum atomic E-state index is 0.164. The molecule has 1 rings (SSSR count). The highest BCUT2D eigenvalue weighted by molar-refractivity contribution is 5.77. The number of rotatable bonds is 5. The van der Waals surface area contributed by atoms with Crippen LogP contribution in [0.3, 0.4) is 0 Å². The quantitative estimate of drug-likeness (QED) is 0.805. The molecule has 1 aliphatic rings. The third-order valence-corrected chi connectivity index (χ3v) is 3.49. The number of hydrogen-bond donors (Lipinski definition) is 1. The maximum atomic E-state index is 12.1. The van der Waals surface area contributed by atoms with E-state index in [1.807, 2.05) is 4.90 Å². The van der Waals surface area contributed by atoms with Crippen LogP contribution in [0.15, 0.2) is 0 Å². The van der Waals surface area contributed by atoms with Crippen molar-refractivity contribution in [2.75, 3.05) is 33.2 Å². The number of hydrogen-bond acceptors (Lipinski definition) is 3. The van der Waals surface area contributed by atoms with E-state index in [0.717, 1.165) is 32.5 Å². The molecule has 1 fully saturated rings. The Kier molecular flexibility index (Phi) is 5.60. The van der Waals surface area contributed by atoms with Crippen LogP contribution in [0.25, 0.3) is 0 Å². The smallest absolute Gasteiger partial charge is 0.224 e. The Morgan fingerprint density at radius 3 is 2.33 bits per heavy atom. The topological polar surface area (TPSA) is 49.6 Å². The molecule has 0 aromatic carbocycles. The van der Waals surface area contributed by atoms with Crippen LogP contribution in [0.4, 0.5) is 0 Å². The van der Waals surface area contributed by atoms with Crippen LogP contribution in [0.2, 0.25) is 0 Å². The van der Waals surface area contributed by atoms with Gasteiger partial charge >= 0.3 is 0 Å². The number of nitrogens with two attached hydrogens (primary N) is 1.